The number of carbonyl (C=O) groups is 3. The maximum atomic E-state index is 11.2. The number of hydrogen-bond donors (Lipinski definition) is 3. The van der Waals surface area contributed by atoms with Gasteiger partial charge < -0.3 is 15.2 Å². The zero-order valence-corrected chi connectivity index (χ0v) is 8.73. The Balaban J connectivity index is 4.10. The summed E-state index contributed by atoms with van der Waals surface area (Å²) in [6.07, 6.45) is -2.11. The Bertz CT molecular complexity index is 266. The molecule has 7 nitrogen and oxygen atoms in total. The first kappa shape index (κ1) is 13.4. The second kappa shape index (κ2) is 5.97. The number of hydrogen-bond acceptors (Lipinski definition) is 4. The van der Waals surface area contributed by atoms with Gasteiger partial charge in [-0.15, -0.1) is 0 Å². The van der Waals surface area contributed by atoms with E-state index >= 15 is 0 Å². The van der Waals surface area contributed by atoms with Gasteiger partial charge in [-0.1, -0.05) is 0 Å². The van der Waals surface area contributed by atoms with Gasteiger partial charge in [-0.3, -0.25) is 10.1 Å². The molecule has 0 aromatic carbocycles. The van der Waals surface area contributed by atoms with Crippen molar-refractivity contribution in [2.45, 2.75) is 26.1 Å². The van der Waals surface area contributed by atoms with Crippen molar-refractivity contribution in [1.82, 2.24) is 10.6 Å². The quantitative estimate of drug-likeness (QED) is 0.580. The Morgan fingerprint density at radius 2 is 1.73 bits per heavy atom. The fourth-order valence-electron chi connectivity index (χ4n) is 0.702. The van der Waals surface area contributed by atoms with Gasteiger partial charge in [0.05, 0.1) is 0 Å². The summed E-state index contributed by atoms with van der Waals surface area (Å²) in [5.41, 5.74) is 0. The highest BCUT2D eigenvalue weighted by Gasteiger charge is 2.21. The van der Waals surface area contributed by atoms with Crippen LogP contribution in [0.15, 0.2) is 0 Å². The third-order valence-corrected chi connectivity index (χ3v) is 1.59. The number of amides is 3. The number of carboxylic acid groups (broad SMARTS) is 1. The van der Waals surface area contributed by atoms with E-state index in [1.165, 1.54) is 20.9 Å². The van der Waals surface area contributed by atoms with Gasteiger partial charge in [-0.05, 0) is 13.8 Å². The Labute approximate surface area is 86.8 Å². The lowest BCUT2D eigenvalue weighted by Gasteiger charge is -2.15. The summed E-state index contributed by atoms with van der Waals surface area (Å²) in [4.78, 5) is 32.3. The molecule has 0 rings (SSSR count). The highest BCUT2D eigenvalue weighted by atomic mass is 16.5. The molecule has 86 valence electrons. The maximum absolute atomic E-state index is 11.2. The zero-order chi connectivity index (χ0) is 12.0. The van der Waals surface area contributed by atoms with Crippen molar-refractivity contribution in [3.05, 3.63) is 0 Å². The average Bonchev–Trinajstić information content (AvgIpc) is 2.16. The molecule has 0 saturated carbocycles. The van der Waals surface area contributed by atoms with Crippen LogP contribution in [0, 0.1) is 0 Å². The largest absolute Gasteiger partial charge is 0.479 e. The van der Waals surface area contributed by atoms with E-state index < -0.39 is 30.1 Å². The van der Waals surface area contributed by atoms with Crippen LogP contribution in [0.3, 0.4) is 0 Å². The fourth-order valence-corrected chi connectivity index (χ4v) is 0.702. The third kappa shape index (κ3) is 4.96. The molecule has 0 aromatic rings. The van der Waals surface area contributed by atoms with E-state index in [0.717, 1.165) is 0 Å². The van der Waals surface area contributed by atoms with Crippen molar-refractivity contribution in [3.8, 4) is 0 Å². The Kier molecular flexibility index (Phi) is 5.32. The Morgan fingerprint density at radius 1 is 1.20 bits per heavy atom. The van der Waals surface area contributed by atoms with E-state index in [4.69, 9.17) is 9.84 Å². The van der Waals surface area contributed by atoms with Crippen LogP contribution in [0.1, 0.15) is 13.8 Å². The van der Waals surface area contributed by atoms with Crippen LogP contribution < -0.4 is 10.6 Å². The van der Waals surface area contributed by atoms with E-state index in [2.05, 4.69) is 5.32 Å². The minimum atomic E-state index is -1.17. The van der Waals surface area contributed by atoms with Crippen LogP contribution in [-0.4, -0.2) is 42.3 Å². The van der Waals surface area contributed by atoms with Gasteiger partial charge >= 0.3 is 12.0 Å². The first-order valence-corrected chi connectivity index (χ1v) is 4.29. The molecule has 0 aliphatic carbocycles. The first-order valence-electron chi connectivity index (χ1n) is 4.29. The highest BCUT2D eigenvalue weighted by Crippen LogP contribution is 1.98. The van der Waals surface area contributed by atoms with Gasteiger partial charge in [-0.25, -0.2) is 9.59 Å². The lowest BCUT2D eigenvalue weighted by molar-refractivity contribution is -0.155. The number of imide groups is 1. The van der Waals surface area contributed by atoms with E-state index in [1.807, 2.05) is 5.32 Å². The molecule has 0 fully saturated rings. The normalized spacial score (nSPS) is 13.8. The van der Waals surface area contributed by atoms with Gasteiger partial charge in [0.25, 0.3) is 5.91 Å². The van der Waals surface area contributed by atoms with E-state index in [9.17, 15) is 14.4 Å². The molecular weight excluding hydrogens is 204 g/mol. The minimum absolute atomic E-state index is 0.668. The monoisotopic (exact) mass is 218 g/mol. The molecule has 0 aliphatic heterocycles. The predicted octanol–water partition coefficient (Wildman–Crippen LogP) is -0.680. The molecule has 2 atom stereocenters. The van der Waals surface area contributed by atoms with Crippen LogP contribution >= 0.6 is 0 Å². The summed E-state index contributed by atoms with van der Waals surface area (Å²) in [6, 6.07) is -0.668. The SMILES string of the molecule is CNC(=O)NC(=O)C(C)OC(C)C(=O)O. The number of carbonyl (C=O) groups excluding carboxylic acids is 2. The van der Waals surface area contributed by atoms with Crippen molar-refractivity contribution in [3.63, 3.8) is 0 Å². The molecular formula is C8H14N2O5. The Hall–Kier alpha value is -1.63. The lowest BCUT2D eigenvalue weighted by atomic mass is 10.3. The summed E-state index contributed by atoms with van der Waals surface area (Å²) in [5.74, 6) is -1.86. The number of urea groups is 1. The summed E-state index contributed by atoms with van der Waals surface area (Å²) in [7, 11) is 1.36. The molecule has 15 heavy (non-hydrogen) atoms. The third-order valence-electron chi connectivity index (χ3n) is 1.59. The standard InChI is InChI=1S/C8H14N2O5/c1-4(15-5(2)7(12)13)6(11)10-8(14)9-3/h4-5H,1-3H3,(H,12,13)(H2,9,10,11,14). The number of rotatable bonds is 4. The van der Waals surface area contributed by atoms with Crippen LogP contribution in [0.2, 0.25) is 0 Å². The summed E-state index contributed by atoms with van der Waals surface area (Å²) in [5, 5.41) is 12.7. The van der Waals surface area contributed by atoms with Gasteiger partial charge in [0.1, 0.15) is 6.10 Å². The maximum Gasteiger partial charge on any atom is 0.332 e. The van der Waals surface area contributed by atoms with Gasteiger partial charge in [0.2, 0.25) is 0 Å². The molecule has 0 aromatic heterocycles. The van der Waals surface area contributed by atoms with Crippen molar-refractivity contribution < 1.29 is 24.2 Å². The number of aliphatic carboxylic acids is 1. The molecule has 0 saturated heterocycles. The van der Waals surface area contributed by atoms with Crippen molar-refractivity contribution in [1.29, 1.82) is 0 Å². The second-order valence-electron chi connectivity index (χ2n) is 2.83. The minimum Gasteiger partial charge on any atom is -0.479 e. The first-order chi connectivity index (χ1) is 6.88. The van der Waals surface area contributed by atoms with Crippen molar-refractivity contribution in [2.75, 3.05) is 7.05 Å². The number of nitrogens with one attached hydrogen (secondary N) is 2. The van der Waals surface area contributed by atoms with Gasteiger partial charge in [0, 0.05) is 7.05 Å². The molecule has 0 aliphatic rings. The zero-order valence-electron chi connectivity index (χ0n) is 8.73. The smallest absolute Gasteiger partial charge is 0.332 e. The highest BCUT2D eigenvalue weighted by molar-refractivity contribution is 5.96. The average molecular weight is 218 g/mol. The van der Waals surface area contributed by atoms with Crippen LogP contribution in [0.5, 0.6) is 0 Å². The second-order valence-corrected chi connectivity index (χ2v) is 2.83. The lowest BCUT2D eigenvalue weighted by Crippen LogP contribution is -2.44. The molecule has 0 bridgehead atoms. The summed E-state index contributed by atoms with van der Waals surface area (Å²) in [6.45, 7) is 2.66. The summed E-state index contributed by atoms with van der Waals surface area (Å²) < 4.78 is 4.83. The molecule has 0 radical (unpaired) electrons. The van der Waals surface area contributed by atoms with Crippen LogP contribution in [-0.2, 0) is 14.3 Å². The molecule has 3 amide bonds. The topological polar surface area (TPSA) is 105 Å². The van der Waals surface area contributed by atoms with E-state index in [1.54, 1.807) is 0 Å². The Morgan fingerprint density at radius 3 is 2.13 bits per heavy atom. The van der Waals surface area contributed by atoms with Gasteiger partial charge in [0.15, 0.2) is 6.10 Å². The predicted molar refractivity (Wildman–Crippen MR) is 50.2 cm³/mol. The summed E-state index contributed by atoms with van der Waals surface area (Å²) >= 11 is 0. The van der Waals surface area contributed by atoms with E-state index in [0.29, 0.717) is 0 Å². The van der Waals surface area contributed by atoms with E-state index in [-0.39, 0.29) is 0 Å². The fraction of sp³-hybridized carbons (Fsp3) is 0.625. The number of carboxylic acids is 1. The van der Waals surface area contributed by atoms with Crippen molar-refractivity contribution >= 4 is 17.9 Å². The molecule has 2 unspecified atom stereocenters. The molecule has 3 N–H and O–H groups in total. The molecule has 0 spiro atoms. The number of ether oxygens (including phenoxy) is 1. The van der Waals surface area contributed by atoms with Gasteiger partial charge in [-0.2, -0.15) is 0 Å². The molecule has 0 heterocycles. The molecule has 7 heteroatoms. The van der Waals surface area contributed by atoms with Crippen molar-refractivity contribution in [2.24, 2.45) is 0 Å². The van der Waals surface area contributed by atoms with Crippen LogP contribution in [0.4, 0.5) is 4.79 Å². The van der Waals surface area contributed by atoms with Crippen LogP contribution in [0.25, 0.3) is 0 Å².